The van der Waals surface area contributed by atoms with Crippen molar-refractivity contribution in [3.05, 3.63) is 51.3 Å². The number of carbonyl (C=O) groups is 3. The summed E-state index contributed by atoms with van der Waals surface area (Å²) in [4.78, 5) is 50.9. The third-order valence-electron chi connectivity index (χ3n) is 9.17. The fourth-order valence-corrected chi connectivity index (χ4v) is 8.59. The second kappa shape index (κ2) is 12.3. The van der Waals surface area contributed by atoms with Gasteiger partial charge in [-0.25, -0.2) is 4.98 Å². The number of amides is 2. The summed E-state index contributed by atoms with van der Waals surface area (Å²) < 4.78 is 1.08. The number of nitrogens with zero attached hydrogens (tertiary/aromatic N) is 3. The van der Waals surface area contributed by atoms with Crippen LogP contribution in [-0.2, 0) is 9.59 Å². The van der Waals surface area contributed by atoms with Gasteiger partial charge in [-0.1, -0.05) is 37.5 Å². The fraction of sp³-hybridized carbons (Fsp3) is 0.548. The molecule has 10 heteroatoms. The molecule has 41 heavy (non-hydrogen) atoms. The van der Waals surface area contributed by atoms with Gasteiger partial charge in [0.25, 0.3) is 0 Å². The summed E-state index contributed by atoms with van der Waals surface area (Å²) in [6.07, 6.45) is 7.43. The average Bonchev–Trinajstić information content (AvgIpc) is 3.77. The van der Waals surface area contributed by atoms with Gasteiger partial charge in [-0.3, -0.25) is 19.3 Å². The summed E-state index contributed by atoms with van der Waals surface area (Å²) >= 11 is 2.96. The van der Waals surface area contributed by atoms with Crippen molar-refractivity contribution < 1.29 is 14.4 Å². The van der Waals surface area contributed by atoms with Crippen molar-refractivity contribution in [1.29, 1.82) is 0 Å². The molecule has 218 valence electrons. The zero-order valence-electron chi connectivity index (χ0n) is 23.8. The SMILES string of the molecule is CN[C@@H](C)C(=O)N[C@H](C(=O)N1C[C@H]2CCCN2C[C@H]1c1nc(C(=O)c2cc3ccccc3s2)cs1)C1CCCCC1. The molecule has 2 N–H and O–H groups in total. The van der Waals surface area contributed by atoms with Crippen molar-refractivity contribution in [2.24, 2.45) is 5.92 Å². The smallest absolute Gasteiger partial charge is 0.246 e. The topological polar surface area (TPSA) is 94.6 Å². The predicted octanol–water partition coefficient (Wildman–Crippen LogP) is 4.61. The molecular weight excluding hydrogens is 555 g/mol. The van der Waals surface area contributed by atoms with Gasteiger partial charge in [-0.05, 0) is 69.6 Å². The van der Waals surface area contributed by atoms with E-state index in [-0.39, 0.29) is 35.6 Å². The van der Waals surface area contributed by atoms with Crippen molar-refractivity contribution in [3.63, 3.8) is 0 Å². The van der Waals surface area contributed by atoms with Crippen LogP contribution in [0.4, 0.5) is 0 Å². The van der Waals surface area contributed by atoms with E-state index in [1.807, 2.05) is 47.5 Å². The minimum Gasteiger partial charge on any atom is -0.343 e. The lowest BCUT2D eigenvalue weighted by molar-refractivity contribution is -0.144. The molecule has 3 aliphatic rings. The largest absolute Gasteiger partial charge is 0.343 e. The third-order valence-corrected chi connectivity index (χ3v) is 11.2. The Bertz CT molecular complexity index is 1380. The number of hydrogen-bond donors (Lipinski definition) is 2. The third kappa shape index (κ3) is 5.84. The van der Waals surface area contributed by atoms with E-state index < -0.39 is 6.04 Å². The van der Waals surface area contributed by atoms with Crippen LogP contribution < -0.4 is 10.6 Å². The molecule has 1 aliphatic carbocycles. The normalized spacial score (nSPS) is 23.3. The highest BCUT2D eigenvalue weighted by atomic mass is 32.1. The summed E-state index contributed by atoms with van der Waals surface area (Å²) in [6, 6.07) is 9.11. The van der Waals surface area contributed by atoms with Gasteiger partial charge < -0.3 is 15.5 Å². The van der Waals surface area contributed by atoms with Gasteiger partial charge in [0, 0.05) is 29.2 Å². The van der Waals surface area contributed by atoms with Gasteiger partial charge in [0.15, 0.2) is 0 Å². The summed E-state index contributed by atoms with van der Waals surface area (Å²) in [7, 11) is 1.76. The maximum atomic E-state index is 14.5. The zero-order chi connectivity index (χ0) is 28.5. The number of likely N-dealkylation sites (N-methyl/N-ethyl adjacent to an activating group) is 1. The van der Waals surface area contributed by atoms with Crippen LogP contribution >= 0.6 is 22.7 Å². The van der Waals surface area contributed by atoms with Crippen molar-refractivity contribution in [2.75, 3.05) is 26.7 Å². The first-order valence-corrected chi connectivity index (χ1v) is 16.6. The second-order valence-electron chi connectivity index (χ2n) is 11.7. The van der Waals surface area contributed by atoms with Crippen molar-refractivity contribution in [3.8, 4) is 0 Å². The molecule has 1 aromatic carbocycles. The maximum Gasteiger partial charge on any atom is 0.246 e. The van der Waals surface area contributed by atoms with Crippen LogP contribution in [0, 0.1) is 5.92 Å². The Hall–Kier alpha value is -2.66. The number of nitrogens with one attached hydrogen (secondary N) is 2. The molecule has 0 radical (unpaired) electrons. The first kappa shape index (κ1) is 28.5. The average molecular weight is 594 g/mol. The number of rotatable bonds is 8. The molecule has 4 atom stereocenters. The van der Waals surface area contributed by atoms with E-state index in [0.717, 1.165) is 60.2 Å². The number of thiazole rings is 1. The number of thiophene rings is 1. The van der Waals surface area contributed by atoms with Crippen LogP contribution in [0.25, 0.3) is 10.1 Å². The molecule has 2 amide bonds. The van der Waals surface area contributed by atoms with E-state index in [1.54, 1.807) is 7.05 Å². The molecule has 3 fully saturated rings. The monoisotopic (exact) mass is 593 g/mol. The van der Waals surface area contributed by atoms with Gasteiger partial charge >= 0.3 is 0 Å². The van der Waals surface area contributed by atoms with E-state index in [0.29, 0.717) is 29.7 Å². The van der Waals surface area contributed by atoms with Crippen LogP contribution in [0.5, 0.6) is 0 Å². The lowest BCUT2D eigenvalue weighted by Crippen LogP contribution is -2.60. The van der Waals surface area contributed by atoms with Crippen LogP contribution in [0.3, 0.4) is 0 Å². The number of hydrogen-bond acceptors (Lipinski definition) is 8. The quantitative estimate of drug-likeness (QED) is 0.371. The molecule has 0 unspecified atom stereocenters. The lowest BCUT2D eigenvalue weighted by Gasteiger charge is -2.45. The number of piperazine rings is 1. The molecule has 4 heterocycles. The second-order valence-corrected chi connectivity index (χ2v) is 13.7. The van der Waals surface area contributed by atoms with Gasteiger partial charge in [-0.15, -0.1) is 22.7 Å². The first-order valence-electron chi connectivity index (χ1n) is 14.9. The van der Waals surface area contributed by atoms with Crippen molar-refractivity contribution >= 4 is 50.4 Å². The minimum atomic E-state index is -0.548. The Morgan fingerprint density at radius 1 is 1.05 bits per heavy atom. The highest BCUT2D eigenvalue weighted by Gasteiger charge is 2.44. The van der Waals surface area contributed by atoms with E-state index in [4.69, 9.17) is 4.98 Å². The molecular formula is C31H39N5O3S2. The van der Waals surface area contributed by atoms with Gasteiger partial charge in [0.05, 0.1) is 17.0 Å². The minimum absolute atomic E-state index is 0.00214. The molecule has 1 saturated carbocycles. The Morgan fingerprint density at radius 2 is 1.85 bits per heavy atom. The van der Waals surface area contributed by atoms with Crippen molar-refractivity contribution in [2.45, 2.75) is 76.0 Å². The number of carbonyl (C=O) groups excluding carboxylic acids is 3. The van der Waals surface area contributed by atoms with E-state index in [2.05, 4.69) is 15.5 Å². The molecule has 3 aromatic rings. The molecule has 6 rings (SSSR count). The maximum absolute atomic E-state index is 14.5. The van der Waals surface area contributed by atoms with Crippen LogP contribution in [0.15, 0.2) is 35.7 Å². The standard InChI is InChI=1S/C31H39N5O3S2/c1-19(32-2)29(38)34-27(20-9-4-3-5-10-20)31(39)36-16-22-12-8-14-35(22)17-24(36)30-33-23(18-40-30)28(37)26-15-21-11-6-7-13-25(21)41-26/h6-7,11,13,15,18-20,22,24,27,32H,3-5,8-10,12,14,16-17H2,1-2H3,(H,34,38)/t19-,22+,24-,27-/m0/s1. The predicted molar refractivity (Wildman–Crippen MR) is 163 cm³/mol. The molecule has 2 aromatic heterocycles. The van der Waals surface area contributed by atoms with Crippen molar-refractivity contribution in [1.82, 2.24) is 25.4 Å². The van der Waals surface area contributed by atoms with Crippen LogP contribution in [-0.4, -0.2) is 77.2 Å². The molecule has 2 saturated heterocycles. The molecule has 2 aliphatic heterocycles. The number of ketones is 1. The Labute approximate surface area is 249 Å². The lowest BCUT2D eigenvalue weighted by atomic mass is 9.82. The highest BCUT2D eigenvalue weighted by Crippen LogP contribution is 2.37. The summed E-state index contributed by atoms with van der Waals surface area (Å²) in [6.45, 7) is 4.18. The molecule has 8 nitrogen and oxygen atoms in total. The fourth-order valence-electron chi connectivity index (χ4n) is 6.67. The van der Waals surface area contributed by atoms with Crippen LogP contribution in [0.2, 0.25) is 0 Å². The van der Waals surface area contributed by atoms with Gasteiger partial charge in [0.1, 0.15) is 16.7 Å². The Morgan fingerprint density at radius 3 is 2.63 bits per heavy atom. The number of aromatic nitrogens is 1. The van der Waals surface area contributed by atoms with E-state index in [1.165, 1.54) is 29.1 Å². The number of fused-ring (bicyclic) bond motifs is 2. The summed E-state index contributed by atoms with van der Waals surface area (Å²) in [5, 5.41) is 9.86. The molecule has 0 bridgehead atoms. The van der Waals surface area contributed by atoms with Gasteiger partial charge in [-0.2, -0.15) is 0 Å². The summed E-state index contributed by atoms with van der Waals surface area (Å²) in [5.41, 5.74) is 0.437. The van der Waals surface area contributed by atoms with Gasteiger partial charge in [0.2, 0.25) is 17.6 Å². The molecule has 0 spiro atoms. The van der Waals surface area contributed by atoms with E-state index >= 15 is 0 Å². The Kier molecular flexibility index (Phi) is 8.53. The van der Waals surface area contributed by atoms with Crippen LogP contribution in [0.1, 0.15) is 78.3 Å². The highest BCUT2D eigenvalue weighted by molar-refractivity contribution is 7.21. The first-order chi connectivity index (χ1) is 19.9. The zero-order valence-corrected chi connectivity index (χ0v) is 25.4. The summed E-state index contributed by atoms with van der Waals surface area (Å²) in [5.74, 6) is -0.0848. The Balaban J connectivity index is 1.28. The number of benzene rings is 1. The van der Waals surface area contributed by atoms with E-state index in [9.17, 15) is 14.4 Å².